The van der Waals surface area contributed by atoms with Crippen LogP contribution < -0.4 is 0 Å². The van der Waals surface area contributed by atoms with E-state index in [2.05, 4.69) is 9.97 Å². The summed E-state index contributed by atoms with van der Waals surface area (Å²) in [4.78, 5) is 18.7. The van der Waals surface area contributed by atoms with E-state index in [9.17, 15) is 4.79 Å². The second-order valence-electron chi connectivity index (χ2n) is 2.36. The second kappa shape index (κ2) is 2.31. The van der Waals surface area contributed by atoms with Gasteiger partial charge in [0, 0.05) is 0 Å². The van der Waals surface area contributed by atoms with Gasteiger partial charge in [0.15, 0.2) is 5.69 Å². The van der Waals surface area contributed by atoms with Crippen LogP contribution in [0.2, 0.25) is 0 Å². The maximum atomic E-state index is 11.0. The van der Waals surface area contributed by atoms with E-state index in [0.29, 0.717) is 11.3 Å². The Morgan fingerprint density at radius 3 is 2.92 bits per heavy atom. The highest BCUT2D eigenvalue weighted by Crippen LogP contribution is 2.19. The van der Waals surface area contributed by atoms with Crippen molar-refractivity contribution in [3.8, 4) is 0 Å². The minimum absolute atomic E-state index is 0.174. The zero-order chi connectivity index (χ0) is 8.72. The van der Waals surface area contributed by atoms with Crippen molar-refractivity contribution in [3.05, 3.63) is 23.3 Å². The number of esters is 1. The maximum absolute atomic E-state index is 11.0. The molecule has 1 aliphatic heterocycles. The minimum atomic E-state index is -0.486. The van der Waals surface area contributed by atoms with E-state index in [4.69, 9.17) is 17.0 Å². The molecule has 12 heavy (non-hydrogen) atoms. The highest BCUT2D eigenvalue weighted by atomic mass is 32.1. The van der Waals surface area contributed by atoms with Crippen molar-refractivity contribution in [2.24, 2.45) is 0 Å². The Morgan fingerprint density at radius 1 is 1.50 bits per heavy atom. The van der Waals surface area contributed by atoms with Gasteiger partial charge in [-0.1, -0.05) is 0 Å². The van der Waals surface area contributed by atoms with Crippen molar-refractivity contribution < 1.29 is 9.53 Å². The molecular weight excluding hydrogens is 176 g/mol. The molecular formula is C7H4N2O2S. The number of rotatable bonds is 0. The van der Waals surface area contributed by atoms with E-state index in [0.717, 1.165) is 0 Å². The number of fused-ring (bicyclic) bond motifs is 1. The average Bonchev–Trinajstić information content (AvgIpc) is 2.29. The molecule has 60 valence electrons. The summed E-state index contributed by atoms with van der Waals surface area (Å²) < 4.78 is 4.70. The first-order valence-corrected chi connectivity index (χ1v) is 3.69. The van der Waals surface area contributed by atoms with Gasteiger partial charge in [-0.2, -0.15) is 0 Å². The molecule has 2 rings (SSSR count). The maximum Gasteiger partial charge on any atom is 0.364 e. The summed E-state index contributed by atoms with van der Waals surface area (Å²) in [5, 5.41) is 0.174. The zero-order valence-corrected chi connectivity index (χ0v) is 7.01. The van der Waals surface area contributed by atoms with Crippen LogP contribution in [-0.4, -0.2) is 21.0 Å². The summed E-state index contributed by atoms with van der Waals surface area (Å²) in [7, 11) is 0. The van der Waals surface area contributed by atoms with Crippen LogP contribution in [0.3, 0.4) is 0 Å². The normalized spacial score (nSPS) is 14.4. The highest BCUT2D eigenvalue weighted by molar-refractivity contribution is 7.80. The van der Waals surface area contributed by atoms with Gasteiger partial charge in [0.1, 0.15) is 6.33 Å². The van der Waals surface area contributed by atoms with Gasteiger partial charge in [-0.05, 0) is 19.1 Å². The monoisotopic (exact) mass is 180 g/mol. The number of hydrogen-bond donors (Lipinski definition) is 0. The van der Waals surface area contributed by atoms with Crippen LogP contribution in [0.15, 0.2) is 6.33 Å². The van der Waals surface area contributed by atoms with Crippen LogP contribution >= 0.6 is 12.2 Å². The summed E-state index contributed by atoms with van der Waals surface area (Å²) in [5.74, 6) is -0.486. The Hall–Kier alpha value is -1.36. The quantitative estimate of drug-likeness (QED) is 0.433. The van der Waals surface area contributed by atoms with Crippen LogP contribution in [0.4, 0.5) is 0 Å². The topological polar surface area (TPSA) is 52.1 Å². The van der Waals surface area contributed by atoms with Crippen LogP contribution in [0.5, 0.6) is 0 Å². The predicted molar refractivity (Wildman–Crippen MR) is 43.9 cm³/mol. The fraction of sp³-hybridized carbons (Fsp3) is 0.143. The molecule has 0 amide bonds. The third-order valence-electron chi connectivity index (χ3n) is 1.62. The van der Waals surface area contributed by atoms with E-state index >= 15 is 0 Å². The summed E-state index contributed by atoms with van der Waals surface area (Å²) in [6, 6.07) is 0. The Kier molecular flexibility index (Phi) is 1.41. The number of aromatic nitrogens is 2. The van der Waals surface area contributed by atoms with E-state index in [1.165, 1.54) is 6.33 Å². The van der Waals surface area contributed by atoms with Crippen molar-refractivity contribution >= 4 is 23.2 Å². The van der Waals surface area contributed by atoms with Crippen molar-refractivity contribution in [1.82, 2.24) is 9.97 Å². The first kappa shape index (κ1) is 7.30. The minimum Gasteiger partial charge on any atom is -0.409 e. The van der Waals surface area contributed by atoms with Gasteiger partial charge in [-0.3, -0.25) is 0 Å². The number of nitrogens with zero attached hydrogens (tertiary/aromatic N) is 2. The van der Waals surface area contributed by atoms with Gasteiger partial charge < -0.3 is 4.74 Å². The molecule has 1 aliphatic rings. The fourth-order valence-corrected chi connectivity index (χ4v) is 1.38. The number of ether oxygens (including phenoxy) is 1. The molecule has 2 heterocycles. The average molecular weight is 180 g/mol. The Morgan fingerprint density at radius 2 is 2.25 bits per heavy atom. The largest absolute Gasteiger partial charge is 0.409 e. The lowest BCUT2D eigenvalue weighted by molar-refractivity contribution is 0.0736. The van der Waals surface area contributed by atoms with Gasteiger partial charge in [0.05, 0.1) is 11.3 Å². The van der Waals surface area contributed by atoms with Gasteiger partial charge in [0.2, 0.25) is 5.05 Å². The smallest absolute Gasteiger partial charge is 0.364 e. The summed E-state index contributed by atoms with van der Waals surface area (Å²) in [6.07, 6.45) is 1.32. The molecule has 0 saturated heterocycles. The van der Waals surface area contributed by atoms with Crippen molar-refractivity contribution in [1.29, 1.82) is 0 Å². The molecule has 4 nitrogen and oxygen atoms in total. The number of cyclic esters (lactones) is 1. The van der Waals surface area contributed by atoms with E-state index in [1.807, 2.05) is 0 Å². The number of carbonyl (C=O) groups excluding carboxylic acids is 1. The van der Waals surface area contributed by atoms with E-state index < -0.39 is 5.97 Å². The molecule has 0 saturated carbocycles. The molecule has 5 heteroatoms. The molecule has 0 aliphatic carbocycles. The van der Waals surface area contributed by atoms with Crippen molar-refractivity contribution in [2.75, 3.05) is 0 Å². The number of carbonyl (C=O) groups is 1. The first-order valence-electron chi connectivity index (χ1n) is 3.28. The molecule has 0 radical (unpaired) electrons. The predicted octanol–water partition coefficient (Wildman–Crippen LogP) is 0.631. The number of thiocarbonyl (C=S) groups is 1. The van der Waals surface area contributed by atoms with Crippen LogP contribution in [0.1, 0.15) is 21.7 Å². The molecule has 0 N–H and O–H groups in total. The van der Waals surface area contributed by atoms with Crippen molar-refractivity contribution in [2.45, 2.75) is 6.92 Å². The first-order chi connectivity index (χ1) is 5.70. The SMILES string of the molecule is Cc1ncnc2c1C(=S)OC2=O. The van der Waals surface area contributed by atoms with Gasteiger partial charge in [0.25, 0.3) is 0 Å². The second-order valence-corrected chi connectivity index (χ2v) is 2.73. The molecule has 0 aromatic carbocycles. The van der Waals surface area contributed by atoms with Crippen LogP contribution in [0.25, 0.3) is 0 Å². The van der Waals surface area contributed by atoms with E-state index in [1.54, 1.807) is 6.92 Å². The summed E-state index contributed by atoms with van der Waals surface area (Å²) >= 11 is 4.82. The zero-order valence-electron chi connectivity index (χ0n) is 6.20. The summed E-state index contributed by atoms with van der Waals surface area (Å²) in [6.45, 7) is 1.76. The fourth-order valence-electron chi connectivity index (χ4n) is 1.06. The summed E-state index contributed by atoms with van der Waals surface area (Å²) in [5.41, 5.74) is 1.50. The number of hydrogen-bond acceptors (Lipinski definition) is 5. The lowest BCUT2D eigenvalue weighted by Gasteiger charge is -1.94. The van der Waals surface area contributed by atoms with Crippen molar-refractivity contribution in [3.63, 3.8) is 0 Å². The Bertz CT molecular complexity index is 389. The van der Waals surface area contributed by atoms with Crippen LogP contribution in [0, 0.1) is 6.92 Å². The molecule has 0 atom stereocenters. The van der Waals surface area contributed by atoms with E-state index in [-0.39, 0.29) is 10.7 Å². The lowest BCUT2D eigenvalue weighted by atomic mass is 10.2. The van der Waals surface area contributed by atoms with Gasteiger partial charge in [-0.25, -0.2) is 14.8 Å². The number of aryl methyl sites for hydroxylation is 1. The lowest BCUT2D eigenvalue weighted by Crippen LogP contribution is -1.99. The molecule has 0 fully saturated rings. The molecule has 0 spiro atoms. The molecule has 0 bridgehead atoms. The third kappa shape index (κ3) is 0.831. The van der Waals surface area contributed by atoms with Gasteiger partial charge >= 0.3 is 5.97 Å². The standard InChI is InChI=1S/C7H4N2O2S/c1-3-4-5(9-2-8-3)6(10)11-7(4)12/h2H,1H3. The Labute approximate surface area is 73.6 Å². The molecule has 1 aromatic rings. The third-order valence-corrected chi connectivity index (χ3v) is 1.91. The highest BCUT2D eigenvalue weighted by Gasteiger charge is 2.29. The molecule has 0 unspecified atom stereocenters. The molecule has 1 aromatic heterocycles. The Balaban J connectivity index is 2.75. The van der Waals surface area contributed by atoms with Gasteiger partial charge in [-0.15, -0.1) is 0 Å². The van der Waals surface area contributed by atoms with Crippen LogP contribution in [-0.2, 0) is 4.74 Å².